The van der Waals surface area contributed by atoms with E-state index in [1.807, 2.05) is 6.08 Å². The lowest BCUT2D eigenvalue weighted by Crippen LogP contribution is -2.31. The predicted octanol–water partition coefficient (Wildman–Crippen LogP) is 4.06. The number of hydrogen-bond acceptors (Lipinski definition) is 1. The SMILES string of the molecule is C=CCC1=C(C)[C@@H](O[Si](C)(C)C)CC1=C. The van der Waals surface area contributed by atoms with Gasteiger partial charge in [0.05, 0.1) is 6.10 Å². The average molecular weight is 222 g/mol. The van der Waals surface area contributed by atoms with Gasteiger partial charge in [0.1, 0.15) is 0 Å². The zero-order chi connectivity index (χ0) is 11.6. The van der Waals surface area contributed by atoms with E-state index >= 15 is 0 Å². The quantitative estimate of drug-likeness (QED) is 0.515. The highest BCUT2D eigenvalue weighted by Gasteiger charge is 2.29. The smallest absolute Gasteiger partial charge is 0.184 e. The molecule has 0 fully saturated rings. The minimum absolute atomic E-state index is 0.277. The van der Waals surface area contributed by atoms with Crippen molar-refractivity contribution in [3.05, 3.63) is 36.0 Å². The maximum atomic E-state index is 6.14. The van der Waals surface area contributed by atoms with Gasteiger partial charge in [-0.05, 0) is 49.7 Å². The summed E-state index contributed by atoms with van der Waals surface area (Å²) in [5.74, 6) is 0. The van der Waals surface area contributed by atoms with Gasteiger partial charge in [-0.1, -0.05) is 12.7 Å². The predicted molar refractivity (Wildman–Crippen MR) is 69.5 cm³/mol. The van der Waals surface area contributed by atoms with E-state index in [4.69, 9.17) is 4.43 Å². The highest BCUT2D eigenvalue weighted by atomic mass is 28.4. The minimum atomic E-state index is -1.45. The normalized spacial score (nSPS) is 22.4. The van der Waals surface area contributed by atoms with E-state index in [0.717, 1.165) is 12.8 Å². The Morgan fingerprint density at radius 2 is 2.07 bits per heavy atom. The summed E-state index contributed by atoms with van der Waals surface area (Å²) in [6, 6.07) is 0. The summed E-state index contributed by atoms with van der Waals surface area (Å²) >= 11 is 0. The molecule has 0 saturated carbocycles. The summed E-state index contributed by atoms with van der Waals surface area (Å²) in [4.78, 5) is 0. The van der Waals surface area contributed by atoms with Crippen LogP contribution < -0.4 is 0 Å². The molecule has 2 heteroatoms. The van der Waals surface area contributed by atoms with Crippen LogP contribution in [0.4, 0.5) is 0 Å². The van der Waals surface area contributed by atoms with Gasteiger partial charge in [-0.25, -0.2) is 0 Å². The van der Waals surface area contributed by atoms with Crippen molar-refractivity contribution >= 4 is 8.32 Å². The van der Waals surface area contributed by atoms with E-state index in [2.05, 4.69) is 39.7 Å². The van der Waals surface area contributed by atoms with Crippen LogP contribution in [0.25, 0.3) is 0 Å². The third-order valence-electron chi connectivity index (χ3n) is 2.66. The molecule has 0 N–H and O–H groups in total. The molecule has 0 bridgehead atoms. The zero-order valence-corrected chi connectivity index (χ0v) is 11.4. The zero-order valence-electron chi connectivity index (χ0n) is 10.4. The molecule has 0 unspecified atom stereocenters. The largest absolute Gasteiger partial charge is 0.411 e. The van der Waals surface area contributed by atoms with E-state index in [-0.39, 0.29) is 6.10 Å². The highest BCUT2D eigenvalue weighted by molar-refractivity contribution is 6.69. The van der Waals surface area contributed by atoms with Crippen LogP contribution in [0.5, 0.6) is 0 Å². The Labute approximate surface area is 94.7 Å². The summed E-state index contributed by atoms with van der Waals surface area (Å²) in [5, 5.41) is 0. The molecule has 0 heterocycles. The molecule has 0 spiro atoms. The fourth-order valence-corrected chi connectivity index (χ4v) is 3.09. The molecule has 0 saturated heterocycles. The van der Waals surface area contributed by atoms with Crippen molar-refractivity contribution in [1.29, 1.82) is 0 Å². The molecule has 0 radical (unpaired) electrons. The number of rotatable bonds is 4. The van der Waals surface area contributed by atoms with E-state index in [1.54, 1.807) is 0 Å². The Hall–Kier alpha value is -0.603. The Morgan fingerprint density at radius 3 is 2.53 bits per heavy atom. The fourth-order valence-electron chi connectivity index (χ4n) is 1.98. The van der Waals surface area contributed by atoms with Crippen molar-refractivity contribution in [1.82, 2.24) is 0 Å². The number of allylic oxidation sites excluding steroid dienone is 2. The lowest BCUT2D eigenvalue weighted by Gasteiger charge is -2.24. The molecule has 15 heavy (non-hydrogen) atoms. The first-order valence-corrected chi connectivity index (χ1v) is 8.92. The lowest BCUT2D eigenvalue weighted by molar-refractivity contribution is 0.238. The van der Waals surface area contributed by atoms with Crippen molar-refractivity contribution in [2.75, 3.05) is 0 Å². The summed E-state index contributed by atoms with van der Waals surface area (Å²) in [5.41, 5.74) is 3.95. The van der Waals surface area contributed by atoms with Gasteiger partial charge in [-0.15, -0.1) is 6.58 Å². The van der Waals surface area contributed by atoms with Gasteiger partial charge in [0.2, 0.25) is 0 Å². The monoisotopic (exact) mass is 222 g/mol. The van der Waals surface area contributed by atoms with Crippen molar-refractivity contribution < 1.29 is 4.43 Å². The van der Waals surface area contributed by atoms with Crippen molar-refractivity contribution in [2.24, 2.45) is 0 Å². The Morgan fingerprint density at radius 1 is 1.47 bits per heavy atom. The molecular weight excluding hydrogens is 200 g/mol. The molecule has 0 aromatic rings. The molecule has 1 aliphatic rings. The molecule has 0 aromatic carbocycles. The van der Waals surface area contributed by atoms with Crippen LogP contribution in [0.3, 0.4) is 0 Å². The van der Waals surface area contributed by atoms with Crippen LogP contribution in [0.2, 0.25) is 19.6 Å². The van der Waals surface area contributed by atoms with Crippen molar-refractivity contribution in [3.63, 3.8) is 0 Å². The lowest BCUT2D eigenvalue weighted by atomic mass is 10.1. The summed E-state index contributed by atoms with van der Waals surface area (Å²) in [6.45, 7) is 16.8. The second kappa shape index (κ2) is 4.50. The molecule has 0 amide bonds. The highest BCUT2D eigenvalue weighted by Crippen LogP contribution is 2.35. The van der Waals surface area contributed by atoms with Gasteiger partial charge in [0.15, 0.2) is 8.32 Å². The van der Waals surface area contributed by atoms with Crippen LogP contribution in [0.1, 0.15) is 19.8 Å². The van der Waals surface area contributed by atoms with Crippen LogP contribution in [0, 0.1) is 0 Å². The Balaban J connectivity index is 2.80. The Bertz CT molecular complexity index is 307. The van der Waals surface area contributed by atoms with Gasteiger partial charge in [-0.3, -0.25) is 0 Å². The van der Waals surface area contributed by atoms with Gasteiger partial charge >= 0.3 is 0 Å². The topological polar surface area (TPSA) is 9.23 Å². The second-order valence-corrected chi connectivity index (χ2v) is 9.64. The van der Waals surface area contributed by atoms with Crippen LogP contribution >= 0.6 is 0 Å². The van der Waals surface area contributed by atoms with E-state index in [0.29, 0.717) is 0 Å². The van der Waals surface area contributed by atoms with Crippen molar-refractivity contribution in [3.8, 4) is 0 Å². The summed E-state index contributed by atoms with van der Waals surface area (Å²) in [7, 11) is -1.45. The molecule has 84 valence electrons. The molecule has 1 rings (SSSR count). The van der Waals surface area contributed by atoms with E-state index < -0.39 is 8.32 Å². The van der Waals surface area contributed by atoms with Crippen molar-refractivity contribution in [2.45, 2.75) is 45.5 Å². The Kier molecular flexibility index (Phi) is 3.74. The van der Waals surface area contributed by atoms with Gasteiger partial charge in [0.25, 0.3) is 0 Å². The second-order valence-electron chi connectivity index (χ2n) is 5.18. The first kappa shape index (κ1) is 12.5. The fraction of sp³-hybridized carbons (Fsp3) is 0.538. The first-order valence-electron chi connectivity index (χ1n) is 5.51. The maximum Gasteiger partial charge on any atom is 0.184 e. The van der Waals surface area contributed by atoms with Gasteiger partial charge in [-0.2, -0.15) is 0 Å². The average Bonchev–Trinajstić information content (AvgIpc) is 2.30. The third kappa shape index (κ3) is 3.18. The number of hydrogen-bond donors (Lipinski definition) is 0. The standard InChI is InChI=1S/C13H22OSi/c1-7-8-12-10(2)9-13(11(12)3)14-15(4,5)6/h7,13H,1-2,8-9H2,3-6H3/t13-/m0/s1. The molecule has 0 aliphatic heterocycles. The summed E-state index contributed by atoms with van der Waals surface area (Å²) < 4.78 is 6.14. The van der Waals surface area contributed by atoms with E-state index in [9.17, 15) is 0 Å². The summed E-state index contributed by atoms with van der Waals surface area (Å²) in [6.07, 6.45) is 4.12. The first-order chi connectivity index (χ1) is 6.85. The van der Waals surface area contributed by atoms with Crippen LogP contribution in [-0.4, -0.2) is 14.4 Å². The van der Waals surface area contributed by atoms with Gasteiger partial charge in [0, 0.05) is 6.42 Å². The molecule has 1 aliphatic carbocycles. The van der Waals surface area contributed by atoms with E-state index in [1.165, 1.54) is 16.7 Å². The van der Waals surface area contributed by atoms with Gasteiger partial charge < -0.3 is 4.43 Å². The molecular formula is C13H22OSi. The van der Waals surface area contributed by atoms with Crippen LogP contribution in [-0.2, 0) is 4.43 Å². The maximum absolute atomic E-state index is 6.14. The molecule has 0 aromatic heterocycles. The molecule has 1 atom stereocenters. The van der Waals surface area contributed by atoms with Crippen LogP contribution in [0.15, 0.2) is 36.0 Å². The molecule has 1 nitrogen and oxygen atoms in total. The minimum Gasteiger partial charge on any atom is -0.411 e. The third-order valence-corrected chi connectivity index (χ3v) is 3.65.